The first-order chi connectivity index (χ1) is 21.2. The van der Waals surface area contributed by atoms with E-state index in [0.717, 1.165) is 53.2 Å². The molecule has 2 atom stereocenters. The van der Waals surface area contributed by atoms with E-state index in [2.05, 4.69) is 10.5 Å². The van der Waals surface area contributed by atoms with Gasteiger partial charge < -0.3 is 10.5 Å². The molecule has 0 radical (unpaired) electrons. The quantitative estimate of drug-likeness (QED) is 0.186. The van der Waals surface area contributed by atoms with Crippen LogP contribution in [0, 0.1) is 65.1 Å². The maximum atomic E-state index is 11.6. The molecule has 44 heavy (non-hydrogen) atoms. The standard InChI is InChI=1S/C10H15NO.C10H17N.C10H14O.C6H5ClO2S/c12-11-10-8-2-6-1-7(4-8)5-9(10)3-6;1-7-2-9-3-8(1)5-10(4-7)11-6-9;11-10-8-2-6-1-7(4-8)5-9(10)3-6;7-10(8,9)6-4-2-1-3-5-6/h6-9,12H,1-5H2;7-11H,1-6H2;6-9H,1-5H2;1-5H. The lowest BCUT2D eigenvalue weighted by atomic mass is 9.55. The van der Waals surface area contributed by atoms with Crippen LogP contribution in [0.2, 0.25) is 0 Å². The monoisotopic (exact) mass is 642 g/mol. The minimum absolute atomic E-state index is 0.136. The highest BCUT2D eigenvalue weighted by Crippen LogP contribution is 2.53. The zero-order valence-electron chi connectivity index (χ0n) is 26.0. The molecular formula is C36H51ClN2O4S. The van der Waals surface area contributed by atoms with Gasteiger partial charge in [0.25, 0.3) is 9.05 Å². The van der Waals surface area contributed by atoms with E-state index in [4.69, 9.17) is 15.9 Å². The molecule has 8 heteroatoms. The molecule has 12 fully saturated rings. The van der Waals surface area contributed by atoms with Gasteiger partial charge >= 0.3 is 0 Å². The van der Waals surface area contributed by atoms with Crippen molar-refractivity contribution in [1.82, 2.24) is 5.32 Å². The van der Waals surface area contributed by atoms with Gasteiger partial charge in [0.1, 0.15) is 5.78 Å². The van der Waals surface area contributed by atoms with Crippen LogP contribution in [0.3, 0.4) is 0 Å². The Bertz CT molecular complexity index is 1220. The van der Waals surface area contributed by atoms with Crippen LogP contribution in [-0.4, -0.2) is 37.7 Å². The second kappa shape index (κ2) is 13.0. The van der Waals surface area contributed by atoms with Crippen molar-refractivity contribution >= 4 is 31.2 Å². The topological polar surface area (TPSA) is 95.8 Å². The molecule has 12 aliphatic rings. The van der Waals surface area contributed by atoms with Crippen LogP contribution in [0.1, 0.15) is 96.3 Å². The number of carbonyl (C=O) groups excluding carboxylic acids is 1. The molecule has 12 bridgehead atoms. The average Bonchev–Trinajstić information content (AvgIpc) is 3.22. The Labute approximate surface area is 268 Å². The third kappa shape index (κ3) is 6.95. The van der Waals surface area contributed by atoms with Crippen molar-refractivity contribution in [3.63, 3.8) is 0 Å². The largest absolute Gasteiger partial charge is 0.411 e. The number of benzene rings is 1. The smallest absolute Gasteiger partial charge is 0.261 e. The van der Waals surface area contributed by atoms with Gasteiger partial charge in [0.2, 0.25) is 0 Å². The Morgan fingerprint density at radius 1 is 0.614 bits per heavy atom. The van der Waals surface area contributed by atoms with E-state index in [-0.39, 0.29) is 4.90 Å². The summed E-state index contributed by atoms with van der Waals surface area (Å²) in [5.74, 6) is 10.0. The lowest BCUT2D eigenvalue weighted by Gasteiger charge is -2.49. The maximum absolute atomic E-state index is 11.6. The van der Waals surface area contributed by atoms with E-state index in [1.165, 1.54) is 95.7 Å². The molecule has 2 heterocycles. The highest BCUT2D eigenvalue weighted by molar-refractivity contribution is 8.13. The van der Waals surface area contributed by atoms with Crippen LogP contribution >= 0.6 is 10.7 Å². The van der Waals surface area contributed by atoms with Crippen molar-refractivity contribution < 1.29 is 18.4 Å². The van der Waals surface area contributed by atoms with Crippen LogP contribution < -0.4 is 5.32 Å². The fourth-order valence-electron chi connectivity index (χ4n) is 11.7. The van der Waals surface area contributed by atoms with Crippen molar-refractivity contribution in [2.45, 2.75) is 107 Å². The summed E-state index contributed by atoms with van der Waals surface area (Å²) >= 11 is 0. The number of hydrogen-bond acceptors (Lipinski definition) is 6. The molecule has 1 aromatic carbocycles. The molecule has 1 aromatic rings. The number of nitrogens with one attached hydrogen (secondary N) is 1. The number of oxime groups is 1. The van der Waals surface area contributed by atoms with Crippen LogP contribution in [0.4, 0.5) is 0 Å². The molecule has 10 aliphatic carbocycles. The number of nitrogens with zero attached hydrogens (tertiary/aromatic N) is 1. The SMILES string of the molecule is C1NC2CC3CC1CC(C3)C2.O=C1C2CC3CC(C2)CC1C3.O=S(=O)(Cl)c1ccccc1.ON=C1C2CC3CC(C2)CC1C3. The molecule has 0 amide bonds. The van der Waals surface area contributed by atoms with Gasteiger partial charge in [0, 0.05) is 40.4 Å². The highest BCUT2D eigenvalue weighted by Gasteiger charge is 2.48. The van der Waals surface area contributed by atoms with E-state index in [1.54, 1.807) is 37.5 Å². The predicted molar refractivity (Wildman–Crippen MR) is 173 cm³/mol. The number of Topliss-reactive ketones (excluding diaryl/α,β-unsaturated/α-hetero) is 1. The molecule has 13 rings (SSSR count). The van der Waals surface area contributed by atoms with E-state index in [0.29, 0.717) is 29.5 Å². The zero-order chi connectivity index (χ0) is 30.4. The first-order valence-electron chi connectivity index (χ1n) is 17.7. The molecule has 2 saturated heterocycles. The van der Waals surface area contributed by atoms with Crippen LogP contribution in [0.5, 0.6) is 0 Å². The number of ketones is 1. The fraction of sp³-hybridized carbons (Fsp3) is 0.778. The summed E-state index contributed by atoms with van der Waals surface area (Å²) in [6.07, 6.45) is 20.8. The van der Waals surface area contributed by atoms with E-state index >= 15 is 0 Å². The minimum Gasteiger partial charge on any atom is -0.411 e. The molecule has 2 aliphatic heterocycles. The molecule has 2 N–H and O–H groups in total. The number of hydrogen-bond donors (Lipinski definition) is 2. The summed E-state index contributed by atoms with van der Waals surface area (Å²) in [6, 6.07) is 8.77. The van der Waals surface area contributed by atoms with E-state index < -0.39 is 9.05 Å². The average molecular weight is 643 g/mol. The maximum Gasteiger partial charge on any atom is 0.261 e. The summed E-state index contributed by atoms with van der Waals surface area (Å²) in [5.41, 5.74) is 1.14. The summed E-state index contributed by atoms with van der Waals surface area (Å²) in [4.78, 5) is 11.7. The molecule has 0 aromatic heterocycles. The second-order valence-corrected chi connectivity index (χ2v) is 18.7. The predicted octanol–water partition coefficient (Wildman–Crippen LogP) is 7.68. The number of halogens is 1. The van der Waals surface area contributed by atoms with E-state index in [9.17, 15) is 13.2 Å². The third-order valence-corrected chi connectivity index (χ3v) is 14.4. The van der Waals surface area contributed by atoms with Gasteiger partial charge in [0.05, 0.1) is 10.6 Å². The number of carbonyl (C=O) groups is 1. The van der Waals surface area contributed by atoms with Crippen molar-refractivity contribution in [2.24, 2.45) is 70.3 Å². The Balaban J connectivity index is 0.0000000950. The summed E-state index contributed by atoms with van der Waals surface area (Å²) in [6.45, 7) is 1.33. The third-order valence-electron chi connectivity index (χ3n) is 13.0. The van der Waals surface area contributed by atoms with Crippen molar-refractivity contribution in [3.05, 3.63) is 30.3 Å². The van der Waals surface area contributed by atoms with E-state index in [1.807, 2.05) is 0 Å². The molecule has 6 nitrogen and oxygen atoms in total. The Morgan fingerprint density at radius 2 is 1.02 bits per heavy atom. The molecule has 0 spiro atoms. The minimum atomic E-state index is -3.53. The van der Waals surface area contributed by atoms with Crippen LogP contribution in [0.15, 0.2) is 40.4 Å². The van der Waals surface area contributed by atoms with Crippen LogP contribution in [0.25, 0.3) is 0 Å². The summed E-state index contributed by atoms with van der Waals surface area (Å²) < 4.78 is 21.2. The molecule has 2 unspecified atom stereocenters. The van der Waals surface area contributed by atoms with Crippen molar-refractivity contribution in [1.29, 1.82) is 0 Å². The van der Waals surface area contributed by atoms with Gasteiger partial charge in [-0.2, -0.15) is 0 Å². The zero-order valence-corrected chi connectivity index (χ0v) is 27.6. The Hall–Kier alpha value is -1.44. The molecule has 242 valence electrons. The van der Waals surface area contributed by atoms with Crippen molar-refractivity contribution in [3.8, 4) is 0 Å². The summed E-state index contributed by atoms with van der Waals surface area (Å²) in [7, 11) is 1.50. The normalized spacial score (nSPS) is 43.2. The number of rotatable bonds is 1. The van der Waals surface area contributed by atoms with Crippen molar-refractivity contribution in [2.75, 3.05) is 6.54 Å². The Morgan fingerprint density at radius 3 is 1.43 bits per heavy atom. The molecular weight excluding hydrogens is 592 g/mol. The first-order valence-corrected chi connectivity index (χ1v) is 20.0. The first kappa shape index (κ1) is 31.2. The molecule has 10 saturated carbocycles. The highest BCUT2D eigenvalue weighted by atomic mass is 35.7. The van der Waals surface area contributed by atoms with Gasteiger partial charge in [0.15, 0.2) is 0 Å². The fourth-order valence-corrected chi connectivity index (χ4v) is 12.5. The van der Waals surface area contributed by atoms with Gasteiger partial charge in [-0.1, -0.05) is 23.4 Å². The van der Waals surface area contributed by atoms with Gasteiger partial charge in [-0.25, -0.2) is 8.42 Å². The Kier molecular flexibility index (Phi) is 9.20. The lowest BCUT2D eigenvalue weighted by molar-refractivity contribution is -0.139. The van der Waals surface area contributed by atoms with Gasteiger partial charge in [-0.15, -0.1) is 0 Å². The lowest BCUT2D eigenvalue weighted by Crippen LogP contribution is -2.45. The van der Waals surface area contributed by atoms with Crippen LogP contribution in [-0.2, 0) is 13.8 Å². The second-order valence-electron chi connectivity index (χ2n) is 16.2. The van der Waals surface area contributed by atoms with Gasteiger partial charge in [-0.05, 0) is 156 Å². The summed E-state index contributed by atoms with van der Waals surface area (Å²) in [5, 5.41) is 16.1. The van der Waals surface area contributed by atoms with Gasteiger partial charge in [-0.3, -0.25) is 4.79 Å². The number of fused-ring (bicyclic) bond motifs is 1.